The van der Waals surface area contributed by atoms with E-state index >= 15 is 0 Å². The van der Waals surface area contributed by atoms with Crippen LogP contribution >= 0.6 is 15.9 Å². The molecule has 0 aliphatic carbocycles. The molecule has 0 bridgehead atoms. The molecule has 1 atom stereocenters. The molecule has 5 heteroatoms. The summed E-state index contributed by atoms with van der Waals surface area (Å²) in [5.41, 5.74) is 7.93. The van der Waals surface area contributed by atoms with Crippen molar-refractivity contribution in [1.29, 1.82) is 0 Å². The smallest absolute Gasteiger partial charge is 0.237 e. The van der Waals surface area contributed by atoms with Gasteiger partial charge in [-0.2, -0.15) is 0 Å². The zero-order valence-corrected chi connectivity index (χ0v) is 13.0. The molecule has 1 heterocycles. The molecule has 0 saturated heterocycles. The first-order chi connectivity index (χ1) is 10.2. The van der Waals surface area contributed by atoms with Crippen LogP contribution in [0.3, 0.4) is 0 Å². The van der Waals surface area contributed by atoms with Crippen LogP contribution < -0.4 is 10.5 Å². The largest absolute Gasteiger partial charge is 0.480 e. The van der Waals surface area contributed by atoms with Crippen molar-refractivity contribution in [1.82, 2.24) is 9.97 Å². The summed E-state index contributed by atoms with van der Waals surface area (Å²) in [5.74, 6) is 0.459. The Bertz CT molecular complexity index is 791. The molecule has 3 aromatic rings. The summed E-state index contributed by atoms with van der Waals surface area (Å²) >= 11 is 3.48. The lowest BCUT2D eigenvalue weighted by atomic mass is 10.0. The molecule has 0 aliphatic rings. The fourth-order valence-electron chi connectivity index (χ4n) is 2.29. The van der Waals surface area contributed by atoms with Crippen LogP contribution in [0.5, 0.6) is 5.88 Å². The van der Waals surface area contributed by atoms with Crippen molar-refractivity contribution in [2.45, 2.75) is 6.04 Å². The Morgan fingerprint density at radius 2 is 1.76 bits per heavy atom. The summed E-state index contributed by atoms with van der Waals surface area (Å²) in [7, 11) is 1.57. The highest BCUT2D eigenvalue weighted by Crippen LogP contribution is 2.27. The number of benzene rings is 2. The normalized spacial score (nSPS) is 12.3. The number of nitrogens with zero attached hydrogens (tertiary/aromatic N) is 2. The highest BCUT2D eigenvalue weighted by molar-refractivity contribution is 9.10. The number of nitrogens with two attached hydrogens (primary N) is 1. The third-order valence-electron chi connectivity index (χ3n) is 3.36. The maximum absolute atomic E-state index is 6.32. The molecule has 4 nitrogen and oxygen atoms in total. The second kappa shape index (κ2) is 5.79. The first-order valence-electron chi connectivity index (χ1n) is 6.49. The van der Waals surface area contributed by atoms with E-state index in [9.17, 15) is 0 Å². The second-order valence-electron chi connectivity index (χ2n) is 4.68. The van der Waals surface area contributed by atoms with Crippen LogP contribution in [0, 0.1) is 0 Å². The molecule has 0 fully saturated rings. The van der Waals surface area contributed by atoms with E-state index in [-0.39, 0.29) is 6.04 Å². The summed E-state index contributed by atoms with van der Waals surface area (Å²) in [6, 6.07) is 11.9. The van der Waals surface area contributed by atoms with Crippen molar-refractivity contribution in [2.75, 3.05) is 7.11 Å². The topological polar surface area (TPSA) is 61.0 Å². The molecule has 0 aliphatic heterocycles. The summed E-state index contributed by atoms with van der Waals surface area (Å²) in [6.07, 6.45) is 3.21. The van der Waals surface area contributed by atoms with Crippen LogP contribution in [0.1, 0.15) is 17.3 Å². The van der Waals surface area contributed by atoms with Crippen molar-refractivity contribution in [3.8, 4) is 5.88 Å². The number of hydrogen-bond donors (Lipinski definition) is 1. The third-order valence-corrected chi connectivity index (χ3v) is 3.86. The molecule has 1 aromatic heterocycles. The van der Waals surface area contributed by atoms with Gasteiger partial charge in [0, 0.05) is 16.9 Å². The zero-order chi connectivity index (χ0) is 14.8. The molecular formula is C16H14BrN3O. The van der Waals surface area contributed by atoms with Crippen molar-refractivity contribution in [3.63, 3.8) is 0 Å². The lowest BCUT2D eigenvalue weighted by molar-refractivity contribution is 0.387. The minimum absolute atomic E-state index is 0.373. The van der Waals surface area contributed by atoms with Gasteiger partial charge in [-0.3, -0.25) is 4.98 Å². The van der Waals surface area contributed by atoms with Crippen LogP contribution in [-0.4, -0.2) is 17.1 Å². The predicted molar refractivity (Wildman–Crippen MR) is 86.3 cm³/mol. The third kappa shape index (κ3) is 2.75. The quantitative estimate of drug-likeness (QED) is 0.791. The molecule has 0 spiro atoms. The van der Waals surface area contributed by atoms with Gasteiger partial charge in [-0.15, -0.1) is 0 Å². The second-order valence-corrected chi connectivity index (χ2v) is 5.60. The van der Waals surface area contributed by atoms with Gasteiger partial charge in [0.25, 0.3) is 0 Å². The van der Waals surface area contributed by atoms with Crippen LogP contribution in [0.25, 0.3) is 10.8 Å². The fraction of sp³-hybridized carbons (Fsp3) is 0.125. The van der Waals surface area contributed by atoms with Gasteiger partial charge < -0.3 is 10.5 Å². The van der Waals surface area contributed by atoms with E-state index in [0.29, 0.717) is 11.6 Å². The number of rotatable bonds is 3. The zero-order valence-electron chi connectivity index (χ0n) is 11.5. The van der Waals surface area contributed by atoms with E-state index in [4.69, 9.17) is 10.5 Å². The van der Waals surface area contributed by atoms with Crippen molar-refractivity contribution >= 4 is 26.7 Å². The summed E-state index contributed by atoms with van der Waals surface area (Å²) in [4.78, 5) is 8.45. The number of ether oxygens (including phenoxy) is 1. The molecular weight excluding hydrogens is 330 g/mol. The first-order valence-corrected chi connectivity index (χ1v) is 7.28. The number of fused-ring (bicyclic) bond motifs is 1. The number of methoxy groups -OCH3 is 1. The maximum atomic E-state index is 6.32. The van der Waals surface area contributed by atoms with E-state index in [1.165, 1.54) is 0 Å². The standard InChI is InChI=1S/C16H14BrN3O/c1-21-16-15(19-6-7-20-16)14(18)12-3-2-11-9-13(17)5-4-10(11)8-12/h2-9,14H,18H2,1H3. The fourth-order valence-corrected chi connectivity index (χ4v) is 2.67. The molecule has 0 saturated carbocycles. The Morgan fingerprint density at radius 3 is 2.57 bits per heavy atom. The molecule has 2 N–H and O–H groups in total. The van der Waals surface area contributed by atoms with E-state index in [0.717, 1.165) is 20.8 Å². The van der Waals surface area contributed by atoms with E-state index < -0.39 is 0 Å². The number of hydrogen-bond acceptors (Lipinski definition) is 4. The summed E-state index contributed by atoms with van der Waals surface area (Å²) in [6.45, 7) is 0. The molecule has 1 unspecified atom stereocenters. The first kappa shape index (κ1) is 14.0. The Morgan fingerprint density at radius 1 is 1.05 bits per heavy atom. The Labute approximate surface area is 131 Å². The van der Waals surface area contributed by atoms with E-state index in [1.807, 2.05) is 12.1 Å². The molecule has 0 amide bonds. The molecule has 3 rings (SSSR count). The number of aromatic nitrogens is 2. The van der Waals surface area contributed by atoms with Gasteiger partial charge >= 0.3 is 0 Å². The minimum Gasteiger partial charge on any atom is -0.480 e. The van der Waals surface area contributed by atoms with Gasteiger partial charge in [0.2, 0.25) is 5.88 Å². The van der Waals surface area contributed by atoms with Crippen molar-refractivity contribution < 1.29 is 4.74 Å². The lowest BCUT2D eigenvalue weighted by Crippen LogP contribution is -2.15. The van der Waals surface area contributed by atoms with Gasteiger partial charge in [-0.1, -0.05) is 34.1 Å². The highest BCUT2D eigenvalue weighted by Gasteiger charge is 2.16. The highest BCUT2D eigenvalue weighted by atomic mass is 79.9. The molecule has 21 heavy (non-hydrogen) atoms. The maximum Gasteiger partial charge on any atom is 0.237 e. The monoisotopic (exact) mass is 343 g/mol. The van der Waals surface area contributed by atoms with Crippen molar-refractivity contribution in [2.24, 2.45) is 5.73 Å². The Balaban J connectivity index is 2.05. The SMILES string of the molecule is COc1nccnc1C(N)c1ccc2cc(Br)ccc2c1. The van der Waals surface area contributed by atoms with Gasteiger partial charge in [-0.25, -0.2) is 4.98 Å². The van der Waals surface area contributed by atoms with Crippen LogP contribution in [0.15, 0.2) is 53.3 Å². The van der Waals surface area contributed by atoms with Gasteiger partial charge in [0.15, 0.2) is 0 Å². The Hall–Kier alpha value is -1.98. The van der Waals surface area contributed by atoms with Gasteiger partial charge in [0.1, 0.15) is 5.69 Å². The molecule has 106 valence electrons. The van der Waals surface area contributed by atoms with Gasteiger partial charge in [-0.05, 0) is 34.5 Å². The lowest BCUT2D eigenvalue weighted by Gasteiger charge is -2.14. The summed E-state index contributed by atoms with van der Waals surface area (Å²) in [5, 5.41) is 2.29. The Kier molecular flexibility index (Phi) is 3.86. The summed E-state index contributed by atoms with van der Waals surface area (Å²) < 4.78 is 6.29. The predicted octanol–water partition coefficient (Wildman–Crippen LogP) is 3.45. The average Bonchev–Trinajstić information content (AvgIpc) is 2.53. The molecule has 2 aromatic carbocycles. The average molecular weight is 344 g/mol. The van der Waals surface area contributed by atoms with Crippen molar-refractivity contribution in [3.05, 3.63) is 64.5 Å². The van der Waals surface area contributed by atoms with Crippen LogP contribution in [-0.2, 0) is 0 Å². The van der Waals surface area contributed by atoms with E-state index in [1.54, 1.807) is 19.5 Å². The van der Waals surface area contributed by atoms with Gasteiger partial charge in [0.05, 0.1) is 13.2 Å². The van der Waals surface area contributed by atoms with Crippen LogP contribution in [0.4, 0.5) is 0 Å². The minimum atomic E-state index is -0.373. The molecule has 0 radical (unpaired) electrons. The van der Waals surface area contributed by atoms with E-state index in [2.05, 4.69) is 50.2 Å². The van der Waals surface area contributed by atoms with Crippen LogP contribution in [0.2, 0.25) is 0 Å². The number of halogens is 1.